The second-order valence-corrected chi connectivity index (χ2v) is 5.46. The Kier molecular flexibility index (Phi) is 4.02. The molecule has 102 valence electrons. The number of anilines is 1. The second kappa shape index (κ2) is 5.71. The van der Waals surface area contributed by atoms with Crippen molar-refractivity contribution in [1.82, 2.24) is 29.7 Å². The first-order valence-corrected chi connectivity index (χ1v) is 6.97. The zero-order valence-electron chi connectivity index (χ0n) is 9.97. The molecule has 0 aliphatic heterocycles. The van der Waals surface area contributed by atoms with Crippen molar-refractivity contribution in [2.75, 3.05) is 12.3 Å². The Morgan fingerprint density at radius 1 is 1.32 bits per heavy atom. The van der Waals surface area contributed by atoms with Crippen LogP contribution in [0.25, 0.3) is 0 Å². The number of rotatable bonds is 6. The molecular formula is C9H13N7O2S. The molecule has 0 saturated carbocycles. The molecule has 0 saturated heterocycles. The molecule has 0 aliphatic rings. The highest BCUT2D eigenvalue weighted by Crippen LogP contribution is 2.05. The third-order valence-corrected chi connectivity index (χ3v) is 3.70. The summed E-state index contributed by atoms with van der Waals surface area (Å²) < 4.78 is 27.7. The lowest BCUT2D eigenvalue weighted by molar-refractivity contribution is 0.542. The van der Waals surface area contributed by atoms with Gasteiger partial charge in [-0.05, 0) is 6.42 Å². The number of aromatic nitrogens is 5. The van der Waals surface area contributed by atoms with Gasteiger partial charge in [-0.15, -0.1) is 5.10 Å². The van der Waals surface area contributed by atoms with E-state index in [1.165, 1.54) is 12.4 Å². The van der Waals surface area contributed by atoms with Gasteiger partial charge in [-0.3, -0.25) is 4.68 Å². The van der Waals surface area contributed by atoms with Gasteiger partial charge in [-0.2, -0.15) is 0 Å². The number of hydrogen-bond acceptors (Lipinski definition) is 7. The molecule has 0 aromatic carbocycles. The zero-order chi connectivity index (χ0) is 13.7. The average Bonchev–Trinajstić information content (AvgIpc) is 2.88. The van der Waals surface area contributed by atoms with Gasteiger partial charge in [-0.25, -0.2) is 23.1 Å². The summed E-state index contributed by atoms with van der Waals surface area (Å²) in [7, 11) is -3.59. The normalized spacial score (nSPS) is 11.6. The van der Waals surface area contributed by atoms with Crippen molar-refractivity contribution in [3.05, 3.63) is 24.8 Å². The van der Waals surface area contributed by atoms with Crippen molar-refractivity contribution in [2.24, 2.45) is 0 Å². The van der Waals surface area contributed by atoms with E-state index in [2.05, 4.69) is 25.0 Å². The van der Waals surface area contributed by atoms with Gasteiger partial charge in [0.2, 0.25) is 16.0 Å². The van der Waals surface area contributed by atoms with Gasteiger partial charge < -0.3 is 5.73 Å². The predicted octanol–water partition coefficient (Wildman–Crippen LogP) is -0.981. The van der Waals surface area contributed by atoms with Gasteiger partial charge in [0.1, 0.15) is 4.90 Å². The number of sulfonamides is 1. The fraction of sp³-hybridized carbons (Fsp3) is 0.333. The lowest BCUT2D eigenvalue weighted by Crippen LogP contribution is -2.26. The molecule has 2 rings (SSSR count). The second-order valence-electron chi connectivity index (χ2n) is 3.69. The highest BCUT2D eigenvalue weighted by Gasteiger charge is 2.14. The van der Waals surface area contributed by atoms with Gasteiger partial charge in [-0.1, -0.05) is 5.21 Å². The lowest BCUT2D eigenvalue weighted by atomic mass is 10.4. The molecule has 3 N–H and O–H groups in total. The van der Waals surface area contributed by atoms with E-state index in [-0.39, 0.29) is 17.4 Å². The first-order chi connectivity index (χ1) is 9.08. The van der Waals surface area contributed by atoms with Crippen LogP contribution in [0.5, 0.6) is 0 Å². The summed E-state index contributed by atoms with van der Waals surface area (Å²) in [5.41, 5.74) is 5.29. The van der Waals surface area contributed by atoms with Crippen LogP contribution in [0.2, 0.25) is 0 Å². The third kappa shape index (κ3) is 3.69. The van der Waals surface area contributed by atoms with E-state index in [0.29, 0.717) is 13.0 Å². The summed E-state index contributed by atoms with van der Waals surface area (Å²) in [6.45, 7) is 0.868. The Bertz CT molecular complexity index is 609. The highest BCUT2D eigenvalue weighted by atomic mass is 32.2. The Labute approximate surface area is 109 Å². The van der Waals surface area contributed by atoms with E-state index >= 15 is 0 Å². The van der Waals surface area contributed by atoms with Crippen LogP contribution in [0.4, 0.5) is 5.95 Å². The highest BCUT2D eigenvalue weighted by molar-refractivity contribution is 7.89. The minimum atomic E-state index is -3.59. The minimum Gasteiger partial charge on any atom is -0.368 e. The summed E-state index contributed by atoms with van der Waals surface area (Å²) in [4.78, 5) is 7.27. The van der Waals surface area contributed by atoms with E-state index in [1.807, 2.05) is 0 Å². The molecule has 0 aliphatic carbocycles. The zero-order valence-corrected chi connectivity index (χ0v) is 10.8. The summed E-state index contributed by atoms with van der Waals surface area (Å²) in [6, 6.07) is 0. The van der Waals surface area contributed by atoms with Crippen molar-refractivity contribution >= 4 is 16.0 Å². The molecule has 0 amide bonds. The molecule has 2 heterocycles. The van der Waals surface area contributed by atoms with Crippen LogP contribution >= 0.6 is 0 Å². The maximum Gasteiger partial charge on any atom is 0.243 e. The molecule has 2 aromatic heterocycles. The first-order valence-electron chi connectivity index (χ1n) is 5.49. The Morgan fingerprint density at radius 3 is 2.68 bits per heavy atom. The van der Waals surface area contributed by atoms with E-state index in [1.54, 1.807) is 17.1 Å². The van der Waals surface area contributed by atoms with Crippen molar-refractivity contribution in [3.63, 3.8) is 0 Å². The molecule has 9 nitrogen and oxygen atoms in total. The maximum atomic E-state index is 11.8. The first kappa shape index (κ1) is 13.4. The monoisotopic (exact) mass is 283 g/mol. The summed E-state index contributed by atoms with van der Waals surface area (Å²) in [5.74, 6) is 0.0325. The lowest BCUT2D eigenvalue weighted by Gasteiger charge is -2.06. The Hall–Kier alpha value is -2.07. The molecule has 19 heavy (non-hydrogen) atoms. The van der Waals surface area contributed by atoms with Gasteiger partial charge in [0, 0.05) is 19.3 Å². The standard InChI is InChI=1S/C9H13N7O2S/c10-9-11-6-8(7-12-9)19(17,18)14-2-1-4-16-5-3-13-15-16/h3,5-7,14H,1-2,4H2,(H2,10,11,12). The molecule has 0 bridgehead atoms. The number of nitrogen functional groups attached to an aromatic ring is 1. The molecule has 0 spiro atoms. The summed E-state index contributed by atoms with van der Waals surface area (Å²) in [6.07, 6.45) is 6.21. The number of nitrogens with two attached hydrogens (primary N) is 1. The molecule has 10 heteroatoms. The molecule has 0 radical (unpaired) electrons. The molecule has 0 fully saturated rings. The third-order valence-electron chi connectivity index (χ3n) is 2.29. The Morgan fingerprint density at radius 2 is 2.05 bits per heavy atom. The Balaban J connectivity index is 1.86. The van der Waals surface area contributed by atoms with Crippen molar-refractivity contribution in [3.8, 4) is 0 Å². The number of aryl methyl sites for hydroxylation is 1. The fourth-order valence-electron chi connectivity index (χ4n) is 1.35. The maximum absolute atomic E-state index is 11.8. The minimum absolute atomic E-state index is 0.0116. The van der Waals surface area contributed by atoms with Crippen LogP contribution in [0.15, 0.2) is 29.7 Å². The van der Waals surface area contributed by atoms with Crippen molar-refractivity contribution in [2.45, 2.75) is 17.9 Å². The molecule has 0 atom stereocenters. The fourth-order valence-corrected chi connectivity index (χ4v) is 2.31. The van der Waals surface area contributed by atoms with Crippen molar-refractivity contribution in [1.29, 1.82) is 0 Å². The summed E-state index contributed by atoms with van der Waals surface area (Å²) >= 11 is 0. The largest absolute Gasteiger partial charge is 0.368 e. The van der Waals surface area contributed by atoms with Crippen molar-refractivity contribution < 1.29 is 8.42 Å². The van der Waals surface area contributed by atoms with Crippen LogP contribution in [0.1, 0.15) is 6.42 Å². The summed E-state index contributed by atoms with van der Waals surface area (Å²) in [5, 5.41) is 7.43. The topological polar surface area (TPSA) is 129 Å². The van der Waals surface area contributed by atoms with E-state index < -0.39 is 10.0 Å². The van der Waals surface area contributed by atoms with Crippen LogP contribution in [0.3, 0.4) is 0 Å². The van der Waals surface area contributed by atoms with Gasteiger partial charge in [0.25, 0.3) is 0 Å². The van der Waals surface area contributed by atoms with Crippen LogP contribution in [0, 0.1) is 0 Å². The van der Waals surface area contributed by atoms with E-state index in [9.17, 15) is 8.42 Å². The molecular weight excluding hydrogens is 270 g/mol. The van der Waals surface area contributed by atoms with Crippen LogP contribution in [-0.4, -0.2) is 39.9 Å². The SMILES string of the molecule is Nc1ncc(S(=O)(=O)NCCCn2ccnn2)cn1. The molecule has 2 aromatic rings. The smallest absolute Gasteiger partial charge is 0.243 e. The number of nitrogens with zero attached hydrogens (tertiary/aromatic N) is 5. The van der Waals surface area contributed by atoms with Gasteiger partial charge in [0.15, 0.2) is 0 Å². The van der Waals surface area contributed by atoms with Gasteiger partial charge in [0.05, 0.1) is 18.6 Å². The van der Waals surface area contributed by atoms with Gasteiger partial charge >= 0.3 is 0 Å². The number of nitrogens with one attached hydrogen (secondary N) is 1. The van der Waals surface area contributed by atoms with Crippen LogP contribution in [-0.2, 0) is 16.6 Å². The van der Waals surface area contributed by atoms with E-state index in [0.717, 1.165) is 0 Å². The van der Waals surface area contributed by atoms with Crippen LogP contribution < -0.4 is 10.5 Å². The molecule has 0 unspecified atom stereocenters. The quantitative estimate of drug-likeness (QED) is 0.652. The average molecular weight is 283 g/mol. The predicted molar refractivity (Wildman–Crippen MR) is 66.3 cm³/mol. The number of hydrogen-bond donors (Lipinski definition) is 2. The van der Waals surface area contributed by atoms with E-state index in [4.69, 9.17) is 5.73 Å².